The molecule has 0 amide bonds. The number of fused-ring (bicyclic) bond motifs is 1. The van der Waals surface area contributed by atoms with Gasteiger partial charge in [-0.2, -0.15) is 0 Å². The Morgan fingerprint density at radius 3 is 2.75 bits per heavy atom. The van der Waals surface area contributed by atoms with Gasteiger partial charge in [0, 0.05) is 17.5 Å². The second kappa shape index (κ2) is 6.55. The van der Waals surface area contributed by atoms with Crippen LogP contribution in [0, 0.1) is 0 Å². The number of hydrogen-bond donors (Lipinski definition) is 0. The van der Waals surface area contributed by atoms with Crippen molar-refractivity contribution in [2.75, 3.05) is 13.6 Å². The topological polar surface area (TPSA) is 3.24 Å². The van der Waals surface area contributed by atoms with Gasteiger partial charge in [-0.05, 0) is 61.7 Å². The quantitative estimate of drug-likeness (QED) is 0.762. The minimum Gasteiger partial charge on any atom is -0.303 e. The highest BCUT2D eigenvalue weighted by Crippen LogP contribution is 2.27. The van der Waals surface area contributed by atoms with E-state index >= 15 is 0 Å². The zero-order valence-corrected chi connectivity index (χ0v) is 13.0. The summed E-state index contributed by atoms with van der Waals surface area (Å²) in [6.07, 6.45) is 6.33. The van der Waals surface area contributed by atoms with E-state index in [4.69, 9.17) is 0 Å². The highest BCUT2D eigenvalue weighted by atomic mass is 32.1. The zero-order valence-electron chi connectivity index (χ0n) is 12.2. The fourth-order valence-corrected chi connectivity index (χ4v) is 4.10. The maximum absolute atomic E-state index is 2.57. The molecule has 1 aliphatic rings. The van der Waals surface area contributed by atoms with E-state index in [1.54, 1.807) is 10.4 Å². The molecular formula is C18H23NS. The summed E-state index contributed by atoms with van der Waals surface area (Å²) in [4.78, 5) is 4.20. The number of aryl methyl sites for hydroxylation is 2. The van der Waals surface area contributed by atoms with Crippen LogP contribution in [0.5, 0.6) is 0 Å². The van der Waals surface area contributed by atoms with Crippen molar-refractivity contribution in [1.82, 2.24) is 4.90 Å². The summed E-state index contributed by atoms with van der Waals surface area (Å²) in [7, 11) is 2.30. The summed E-state index contributed by atoms with van der Waals surface area (Å²) in [6.45, 7) is 1.17. The fraction of sp³-hybridized carbons (Fsp3) is 0.444. The fourth-order valence-electron chi connectivity index (χ4n) is 3.15. The summed E-state index contributed by atoms with van der Waals surface area (Å²) in [5.41, 5.74) is 3.06. The lowest BCUT2D eigenvalue weighted by atomic mass is 10.1. The molecule has 1 heterocycles. The van der Waals surface area contributed by atoms with Crippen LogP contribution in [0.3, 0.4) is 0 Å². The van der Waals surface area contributed by atoms with Gasteiger partial charge in [-0.15, -0.1) is 11.3 Å². The number of hydrogen-bond acceptors (Lipinski definition) is 2. The molecule has 2 heteroatoms. The first-order valence-electron chi connectivity index (χ1n) is 7.62. The van der Waals surface area contributed by atoms with Gasteiger partial charge < -0.3 is 4.90 Å². The van der Waals surface area contributed by atoms with E-state index < -0.39 is 0 Å². The van der Waals surface area contributed by atoms with Crippen LogP contribution in [0.25, 0.3) is 0 Å². The van der Waals surface area contributed by atoms with E-state index in [0.717, 1.165) is 12.5 Å². The van der Waals surface area contributed by atoms with Gasteiger partial charge in [-0.1, -0.05) is 30.3 Å². The predicted octanol–water partition coefficient (Wildman–Crippen LogP) is 4.17. The molecule has 106 valence electrons. The Morgan fingerprint density at radius 1 is 1.10 bits per heavy atom. The molecule has 1 aromatic heterocycles. The highest BCUT2D eigenvalue weighted by molar-refractivity contribution is 7.10. The van der Waals surface area contributed by atoms with Gasteiger partial charge in [0.1, 0.15) is 0 Å². The highest BCUT2D eigenvalue weighted by Gasteiger charge is 2.20. The van der Waals surface area contributed by atoms with Crippen molar-refractivity contribution in [3.05, 3.63) is 57.8 Å². The summed E-state index contributed by atoms with van der Waals surface area (Å²) in [5, 5.41) is 2.25. The van der Waals surface area contributed by atoms with Crippen LogP contribution in [0.15, 0.2) is 41.8 Å². The number of nitrogens with zero attached hydrogens (tertiary/aromatic N) is 1. The molecule has 0 saturated carbocycles. The normalized spacial score (nSPS) is 18.8. The molecule has 1 aromatic carbocycles. The van der Waals surface area contributed by atoms with Crippen molar-refractivity contribution in [3.63, 3.8) is 0 Å². The predicted molar refractivity (Wildman–Crippen MR) is 87.5 cm³/mol. The van der Waals surface area contributed by atoms with Crippen molar-refractivity contribution in [1.29, 1.82) is 0 Å². The summed E-state index contributed by atoms with van der Waals surface area (Å²) in [6, 6.07) is 13.9. The van der Waals surface area contributed by atoms with Crippen molar-refractivity contribution in [3.8, 4) is 0 Å². The van der Waals surface area contributed by atoms with E-state index in [1.165, 1.54) is 37.8 Å². The third kappa shape index (κ3) is 3.31. The van der Waals surface area contributed by atoms with E-state index in [1.807, 2.05) is 11.3 Å². The first kappa shape index (κ1) is 13.8. The molecule has 0 spiro atoms. The SMILES string of the molecule is CN(CCc1ccccc1)C1CCc2ccsc2CC1. The lowest BCUT2D eigenvalue weighted by Crippen LogP contribution is -2.33. The second-order valence-corrected chi connectivity index (χ2v) is 6.82. The minimum atomic E-state index is 0.748. The molecule has 0 radical (unpaired) electrons. The van der Waals surface area contributed by atoms with Crippen molar-refractivity contribution in [2.45, 2.75) is 38.1 Å². The number of benzene rings is 1. The summed E-state index contributed by atoms with van der Waals surface area (Å²) in [5.74, 6) is 0. The van der Waals surface area contributed by atoms with E-state index in [2.05, 4.69) is 53.7 Å². The average molecular weight is 285 g/mol. The van der Waals surface area contributed by atoms with Crippen LogP contribution in [0.1, 0.15) is 28.8 Å². The van der Waals surface area contributed by atoms with Gasteiger partial charge >= 0.3 is 0 Å². The molecule has 0 N–H and O–H groups in total. The lowest BCUT2D eigenvalue weighted by molar-refractivity contribution is 0.224. The molecule has 0 saturated heterocycles. The van der Waals surface area contributed by atoms with Gasteiger partial charge in [0.05, 0.1) is 0 Å². The molecule has 1 unspecified atom stereocenters. The van der Waals surface area contributed by atoms with Crippen LogP contribution in [-0.2, 0) is 19.3 Å². The molecule has 0 bridgehead atoms. The third-order valence-electron chi connectivity index (χ3n) is 4.51. The van der Waals surface area contributed by atoms with Crippen LogP contribution < -0.4 is 0 Å². The smallest absolute Gasteiger partial charge is 0.00989 e. The van der Waals surface area contributed by atoms with E-state index in [0.29, 0.717) is 0 Å². The average Bonchev–Trinajstić information content (AvgIpc) is 2.84. The minimum absolute atomic E-state index is 0.748. The van der Waals surface area contributed by atoms with Crippen molar-refractivity contribution in [2.24, 2.45) is 0 Å². The lowest BCUT2D eigenvalue weighted by Gasteiger charge is -2.27. The van der Waals surface area contributed by atoms with Crippen LogP contribution in [0.2, 0.25) is 0 Å². The number of thiophene rings is 1. The Morgan fingerprint density at radius 2 is 1.90 bits per heavy atom. The molecule has 1 aliphatic carbocycles. The molecule has 0 aliphatic heterocycles. The first-order valence-corrected chi connectivity index (χ1v) is 8.50. The molecule has 3 rings (SSSR count). The molecule has 1 atom stereocenters. The maximum Gasteiger partial charge on any atom is 0.00989 e. The van der Waals surface area contributed by atoms with Crippen LogP contribution >= 0.6 is 11.3 Å². The molecule has 20 heavy (non-hydrogen) atoms. The zero-order chi connectivity index (χ0) is 13.8. The number of likely N-dealkylation sites (N-methyl/N-ethyl adjacent to an activating group) is 1. The van der Waals surface area contributed by atoms with Gasteiger partial charge in [-0.25, -0.2) is 0 Å². The van der Waals surface area contributed by atoms with Crippen molar-refractivity contribution < 1.29 is 0 Å². The summed E-state index contributed by atoms with van der Waals surface area (Å²) < 4.78 is 0. The first-order chi connectivity index (χ1) is 9.83. The van der Waals surface area contributed by atoms with Gasteiger partial charge in [-0.3, -0.25) is 0 Å². The largest absolute Gasteiger partial charge is 0.303 e. The van der Waals surface area contributed by atoms with Crippen molar-refractivity contribution >= 4 is 11.3 Å². The van der Waals surface area contributed by atoms with Gasteiger partial charge in [0.2, 0.25) is 0 Å². The molecular weight excluding hydrogens is 262 g/mol. The van der Waals surface area contributed by atoms with E-state index in [-0.39, 0.29) is 0 Å². The standard InChI is InChI=1S/C18H23NS/c1-19(13-11-15-5-3-2-4-6-15)17-8-7-16-12-14-20-18(16)10-9-17/h2-6,12,14,17H,7-11,13H2,1H3. The maximum atomic E-state index is 2.57. The molecule has 2 aromatic rings. The van der Waals surface area contributed by atoms with Crippen LogP contribution in [0.4, 0.5) is 0 Å². The Hall–Kier alpha value is -1.12. The summed E-state index contributed by atoms with van der Waals surface area (Å²) >= 11 is 1.94. The Labute approximate surface area is 126 Å². The molecule has 0 fully saturated rings. The third-order valence-corrected chi connectivity index (χ3v) is 5.53. The molecule has 1 nitrogen and oxygen atoms in total. The number of rotatable bonds is 4. The Balaban J connectivity index is 1.53. The Bertz CT molecular complexity index is 509. The Kier molecular flexibility index (Phi) is 4.54. The van der Waals surface area contributed by atoms with Gasteiger partial charge in [0.25, 0.3) is 0 Å². The van der Waals surface area contributed by atoms with E-state index in [9.17, 15) is 0 Å². The van der Waals surface area contributed by atoms with Crippen LogP contribution in [-0.4, -0.2) is 24.5 Å². The monoisotopic (exact) mass is 285 g/mol. The van der Waals surface area contributed by atoms with Gasteiger partial charge in [0.15, 0.2) is 0 Å². The second-order valence-electron chi connectivity index (χ2n) is 5.82.